The van der Waals surface area contributed by atoms with Gasteiger partial charge in [0.05, 0.1) is 18.4 Å². The predicted octanol–water partition coefficient (Wildman–Crippen LogP) is 4.33. The molecular formula is C24H18N2O6. The number of carbonyl (C=O) groups is 2. The molecule has 32 heavy (non-hydrogen) atoms. The predicted molar refractivity (Wildman–Crippen MR) is 117 cm³/mol. The van der Waals surface area contributed by atoms with Crippen molar-refractivity contribution in [3.63, 3.8) is 0 Å². The third kappa shape index (κ3) is 4.44. The number of aromatic hydroxyl groups is 1. The summed E-state index contributed by atoms with van der Waals surface area (Å²) in [5, 5.41) is 22.2. The molecule has 0 atom stereocenters. The Labute approximate surface area is 182 Å². The number of methoxy groups -OCH3 is 1. The molecule has 1 heterocycles. The molecule has 4 rings (SSSR count). The van der Waals surface area contributed by atoms with Crippen LogP contribution >= 0.6 is 0 Å². The number of phenols is 1. The summed E-state index contributed by atoms with van der Waals surface area (Å²) in [6, 6.07) is 18.8. The van der Waals surface area contributed by atoms with E-state index in [1.807, 2.05) is 0 Å². The Balaban J connectivity index is 1.79. The summed E-state index contributed by atoms with van der Waals surface area (Å²) in [5.41, 5.74) is 1.59. The van der Waals surface area contributed by atoms with Crippen LogP contribution in [0.15, 0.2) is 82.2 Å². The normalized spacial score (nSPS) is 11.3. The molecule has 0 saturated carbocycles. The number of hydrogen-bond acceptors (Lipinski definition) is 6. The Hall–Kier alpha value is -4.59. The van der Waals surface area contributed by atoms with Crippen LogP contribution in [0.1, 0.15) is 20.7 Å². The Morgan fingerprint density at radius 2 is 1.69 bits per heavy atom. The van der Waals surface area contributed by atoms with Gasteiger partial charge in [-0.05, 0) is 66.7 Å². The lowest BCUT2D eigenvalue weighted by molar-refractivity contribution is 0.0696. The van der Waals surface area contributed by atoms with Gasteiger partial charge < -0.3 is 24.7 Å². The molecular weight excluding hydrogens is 412 g/mol. The van der Waals surface area contributed by atoms with Gasteiger partial charge in [0.25, 0.3) is 5.91 Å². The first-order chi connectivity index (χ1) is 15.4. The summed E-state index contributed by atoms with van der Waals surface area (Å²) in [5.74, 6) is -0.839. The number of carbonyl (C=O) groups excluding carboxylic acids is 1. The zero-order valence-electron chi connectivity index (χ0n) is 16.9. The highest BCUT2D eigenvalue weighted by Crippen LogP contribution is 2.21. The average molecular weight is 430 g/mol. The van der Waals surface area contributed by atoms with E-state index in [0.717, 1.165) is 0 Å². The van der Waals surface area contributed by atoms with Crippen LogP contribution in [0.2, 0.25) is 0 Å². The molecule has 0 aliphatic heterocycles. The lowest BCUT2D eigenvalue weighted by Gasteiger charge is -2.08. The van der Waals surface area contributed by atoms with Gasteiger partial charge in [0.1, 0.15) is 22.6 Å². The van der Waals surface area contributed by atoms with Crippen molar-refractivity contribution in [3.05, 3.63) is 89.5 Å². The molecule has 0 radical (unpaired) electrons. The van der Waals surface area contributed by atoms with Gasteiger partial charge in [-0.15, -0.1) is 0 Å². The molecule has 1 aromatic heterocycles. The number of hydrogen-bond donors (Lipinski definition) is 3. The van der Waals surface area contributed by atoms with Gasteiger partial charge in [-0.1, -0.05) is 0 Å². The summed E-state index contributed by atoms with van der Waals surface area (Å²) in [7, 11) is 1.55. The van der Waals surface area contributed by atoms with E-state index in [9.17, 15) is 14.7 Å². The van der Waals surface area contributed by atoms with Gasteiger partial charge in [-0.3, -0.25) is 4.79 Å². The third-order valence-electron chi connectivity index (χ3n) is 4.67. The minimum absolute atomic E-state index is 0.00782. The van der Waals surface area contributed by atoms with Gasteiger partial charge in [-0.25, -0.2) is 9.79 Å². The van der Waals surface area contributed by atoms with Crippen molar-refractivity contribution < 1.29 is 29.0 Å². The summed E-state index contributed by atoms with van der Waals surface area (Å²) in [6.45, 7) is 0. The number of carboxylic acids is 1. The molecule has 0 unspecified atom stereocenters. The Morgan fingerprint density at radius 1 is 0.969 bits per heavy atom. The van der Waals surface area contributed by atoms with Crippen LogP contribution in [0.5, 0.6) is 11.5 Å². The van der Waals surface area contributed by atoms with Crippen molar-refractivity contribution in [2.45, 2.75) is 0 Å². The number of fused-ring (bicyclic) bond motifs is 1. The summed E-state index contributed by atoms with van der Waals surface area (Å²) < 4.78 is 11.0. The summed E-state index contributed by atoms with van der Waals surface area (Å²) in [4.78, 5) is 28.5. The van der Waals surface area contributed by atoms with E-state index in [1.165, 1.54) is 36.4 Å². The quantitative estimate of drug-likeness (QED) is 0.433. The average Bonchev–Trinajstić information content (AvgIpc) is 2.79. The van der Waals surface area contributed by atoms with E-state index in [1.54, 1.807) is 43.5 Å². The molecule has 8 heteroatoms. The van der Waals surface area contributed by atoms with Gasteiger partial charge in [0, 0.05) is 17.1 Å². The minimum Gasteiger partial charge on any atom is -0.508 e. The van der Waals surface area contributed by atoms with E-state index in [-0.39, 0.29) is 22.4 Å². The number of rotatable bonds is 5. The summed E-state index contributed by atoms with van der Waals surface area (Å²) >= 11 is 0. The number of benzene rings is 3. The second kappa shape index (κ2) is 8.65. The first-order valence-electron chi connectivity index (χ1n) is 9.53. The van der Waals surface area contributed by atoms with Crippen LogP contribution in [0, 0.1) is 0 Å². The molecule has 0 fully saturated rings. The topological polar surface area (TPSA) is 121 Å². The highest BCUT2D eigenvalue weighted by molar-refractivity contribution is 6.05. The van der Waals surface area contributed by atoms with Gasteiger partial charge in [0.15, 0.2) is 0 Å². The molecule has 0 aliphatic rings. The number of nitrogens with one attached hydrogen (secondary N) is 1. The first-order valence-corrected chi connectivity index (χ1v) is 9.53. The van der Waals surface area contributed by atoms with Crippen molar-refractivity contribution in [2.75, 3.05) is 12.4 Å². The number of ether oxygens (including phenoxy) is 1. The fraction of sp³-hybridized carbons (Fsp3) is 0.0417. The Bertz CT molecular complexity index is 1370. The Kier molecular flexibility index (Phi) is 5.59. The van der Waals surface area contributed by atoms with Crippen molar-refractivity contribution >= 4 is 34.2 Å². The lowest BCUT2D eigenvalue weighted by atomic mass is 10.1. The molecule has 0 bridgehead atoms. The van der Waals surface area contributed by atoms with E-state index in [2.05, 4.69) is 10.3 Å². The Morgan fingerprint density at radius 3 is 2.34 bits per heavy atom. The maximum absolute atomic E-state index is 13.0. The second-order valence-corrected chi connectivity index (χ2v) is 6.83. The van der Waals surface area contributed by atoms with E-state index < -0.39 is 11.9 Å². The van der Waals surface area contributed by atoms with E-state index >= 15 is 0 Å². The fourth-order valence-corrected chi connectivity index (χ4v) is 3.02. The second-order valence-electron chi connectivity index (χ2n) is 6.83. The SMILES string of the molecule is COc1ccc(NC(=O)c2cc3ccc(O)cc3oc2=Nc2ccc(C(=O)O)cc2)cc1. The number of anilines is 1. The highest BCUT2D eigenvalue weighted by atomic mass is 16.5. The molecule has 3 aromatic carbocycles. The first kappa shape index (κ1) is 20.7. The van der Waals surface area contributed by atoms with Crippen LogP contribution < -0.4 is 15.6 Å². The molecule has 0 saturated heterocycles. The van der Waals surface area contributed by atoms with Crippen molar-refractivity contribution in [3.8, 4) is 11.5 Å². The van der Waals surface area contributed by atoms with Crippen LogP contribution in [-0.2, 0) is 0 Å². The van der Waals surface area contributed by atoms with Gasteiger partial charge in [0.2, 0.25) is 5.55 Å². The van der Waals surface area contributed by atoms with Crippen molar-refractivity contribution in [2.24, 2.45) is 4.99 Å². The van der Waals surface area contributed by atoms with Crippen LogP contribution in [0.25, 0.3) is 11.0 Å². The number of amides is 1. The monoisotopic (exact) mass is 430 g/mol. The fourth-order valence-electron chi connectivity index (χ4n) is 3.02. The number of phenolic OH excluding ortho intramolecular Hbond substituents is 1. The van der Waals surface area contributed by atoms with Gasteiger partial charge in [-0.2, -0.15) is 0 Å². The largest absolute Gasteiger partial charge is 0.508 e. The molecule has 0 spiro atoms. The standard InChI is InChI=1S/C24H18N2O6/c1-31-19-10-7-16(8-11-19)25-22(28)20-12-15-4-9-18(27)13-21(15)32-23(20)26-17-5-2-14(3-6-17)24(29)30/h2-13,27H,1H3,(H,25,28)(H,29,30). The number of carboxylic acid groups (broad SMARTS) is 1. The maximum atomic E-state index is 13.0. The zero-order valence-corrected chi connectivity index (χ0v) is 16.9. The van der Waals surface area contributed by atoms with Crippen molar-refractivity contribution in [1.82, 2.24) is 0 Å². The molecule has 3 N–H and O–H groups in total. The lowest BCUT2D eigenvalue weighted by Crippen LogP contribution is -2.21. The minimum atomic E-state index is -1.05. The van der Waals surface area contributed by atoms with Gasteiger partial charge >= 0.3 is 5.97 Å². The molecule has 4 aromatic rings. The highest BCUT2D eigenvalue weighted by Gasteiger charge is 2.14. The number of aromatic carboxylic acids is 1. The maximum Gasteiger partial charge on any atom is 0.335 e. The van der Waals surface area contributed by atoms with Crippen LogP contribution in [0.3, 0.4) is 0 Å². The molecule has 0 aliphatic carbocycles. The zero-order chi connectivity index (χ0) is 22.7. The van der Waals surface area contributed by atoms with E-state index in [0.29, 0.717) is 28.1 Å². The van der Waals surface area contributed by atoms with E-state index in [4.69, 9.17) is 14.3 Å². The molecule has 160 valence electrons. The number of nitrogens with zero attached hydrogens (tertiary/aromatic N) is 1. The molecule has 1 amide bonds. The van der Waals surface area contributed by atoms with Crippen LogP contribution in [0.4, 0.5) is 11.4 Å². The van der Waals surface area contributed by atoms with Crippen molar-refractivity contribution in [1.29, 1.82) is 0 Å². The van der Waals surface area contributed by atoms with Crippen LogP contribution in [-0.4, -0.2) is 29.2 Å². The third-order valence-corrected chi connectivity index (χ3v) is 4.67. The smallest absolute Gasteiger partial charge is 0.335 e. The molecule has 8 nitrogen and oxygen atoms in total. The summed E-state index contributed by atoms with van der Waals surface area (Å²) in [6.07, 6.45) is 0.